The number of benzene rings is 1. The van der Waals surface area contributed by atoms with Gasteiger partial charge in [-0.15, -0.1) is 0 Å². The van der Waals surface area contributed by atoms with E-state index in [1.807, 2.05) is 44.2 Å². The van der Waals surface area contributed by atoms with Crippen molar-refractivity contribution < 1.29 is 39.2 Å². The summed E-state index contributed by atoms with van der Waals surface area (Å²) in [5, 5.41) is 34.6. The van der Waals surface area contributed by atoms with Crippen molar-refractivity contribution in [3.8, 4) is 0 Å². The molecule has 0 spiro atoms. The van der Waals surface area contributed by atoms with Crippen LogP contribution >= 0.6 is 0 Å². The molecule has 5 rings (SSSR count). The lowest BCUT2D eigenvalue weighted by Gasteiger charge is -2.53. The summed E-state index contributed by atoms with van der Waals surface area (Å²) in [4.78, 5) is 38.9. The summed E-state index contributed by atoms with van der Waals surface area (Å²) in [5.41, 5.74) is -4.12. The molecule has 1 aromatic carbocycles. The molecule has 0 aromatic heterocycles. The van der Waals surface area contributed by atoms with Gasteiger partial charge >= 0.3 is 11.9 Å². The van der Waals surface area contributed by atoms with Crippen molar-refractivity contribution in [2.24, 2.45) is 29.1 Å². The first-order valence-electron chi connectivity index (χ1n) is 13.2. The zero-order valence-electron chi connectivity index (χ0n) is 22.4. The molecule has 8 atom stereocenters. The summed E-state index contributed by atoms with van der Waals surface area (Å²) in [5.74, 6) is -4.60. The highest BCUT2D eigenvalue weighted by Gasteiger charge is 2.87. The number of ketones is 1. The fraction of sp³-hybridized carbons (Fsp3) is 0.567. The van der Waals surface area contributed by atoms with Gasteiger partial charge in [0.25, 0.3) is 0 Å². The largest absolute Gasteiger partial charge is 0.457 e. The van der Waals surface area contributed by atoms with E-state index < -0.39 is 76.3 Å². The third-order valence-electron chi connectivity index (χ3n) is 9.72. The van der Waals surface area contributed by atoms with Crippen LogP contribution in [-0.4, -0.2) is 62.6 Å². The predicted octanol–water partition coefficient (Wildman–Crippen LogP) is 2.29. The number of carbonyl (C=O) groups excluding carboxylic acids is 3. The average molecular weight is 525 g/mol. The average Bonchev–Trinajstić information content (AvgIpc) is 3.27. The lowest BCUT2D eigenvalue weighted by molar-refractivity contribution is -0.228. The lowest BCUT2D eigenvalue weighted by Crippen LogP contribution is -2.66. The van der Waals surface area contributed by atoms with Crippen LogP contribution in [0.2, 0.25) is 0 Å². The smallest absolute Gasteiger partial charge is 0.310 e. The van der Waals surface area contributed by atoms with Gasteiger partial charge in [-0.25, -0.2) is 0 Å². The van der Waals surface area contributed by atoms with Gasteiger partial charge in [0.1, 0.15) is 11.7 Å². The molecule has 1 aromatic rings. The third-order valence-corrected chi connectivity index (χ3v) is 9.72. The lowest BCUT2D eigenvalue weighted by atomic mass is 9.59. The second kappa shape index (κ2) is 8.60. The first-order valence-corrected chi connectivity index (χ1v) is 13.2. The molecule has 0 unspecified atom stereocenters. The Morgan fingerprint density at radius 3 is 2.37 bits per heavy atom. The molecule has 38 heavy (non-hydrogen) atoms. The Hall–Kier alpha value is -2.81. The van der Waals surface area contributed by atoms with E-state index in [1.165, 1.54) is 6.92 Å². The molecule has 4 aliphatic rings. The first-order chi connectivity index (χ1) is 17.7. The fourth-order valence-corrected chi connectivity index (χ4v) is 8.01. The Kier molecular flexibility index (Phi) is 6.06. The molecular formula is C30H36O8. The highest BCUT2D eigenvalue weighted by atomic mass is 16.6. The van der Waals surface area contributed by atoms with Crippen molar-refractivity contribution in [3.63, 3.8) is 0 Å². The normalized spacial score (nSPS) is 40.5. The van der Waals surface area contributed by atoms with Gasteiger partial charge in [0.2, 0.25) is 0 Å². The standard InChI is InChI=1S/C30H36O8/c1-16-11-22-28(35,25(16)34)14-20(15-31)12-21-24-27(4,5)30(24,38-18(3)32)26(17(2)29(21,22)36)37-23(33)13-19-9-7-6-8-10-19/h6-12,17,21-22,24,26,31,35-36H,13-15H2,1-5H3/t17-,21+,22-,24+,26-,28-,29-,30-/m1/s1. The van der Waals surface area contributed by atoms with Gasteiger partial charge in [0, 0.05) is 42.4 Å². The van der Waals surface area contributed by atoms with Crippen molar-refractivity contribution in [2.75, 3.05) is 6.61 Å². The minimum absolute atomic E-state index is 0.00735. The van der Waals surface area contributed by atoms with Crippen LogP contribution in [0.25, 0.3) is 0 Å². The minimum Gasteiger partial charge on any atom is -0.457 e. The molecule has 204 valence electrons. The Morgan fingerprint density at radius 2 is 1.76 bits per heavy atom. The number of carbonyl (C=O) groups is 3. The number of Topliss-reactive ketones (excluding diaryl/α,β-unsaturated/α-hetero) is 1. The first kappa shape index (κ1) is 26.8. The highest BCUT2D eigenvalue weighted by molar-refractivity contribution is 6.04. The van der Waals surface area contributed by atoms with Crippen LogP contribution < -0.4 is 0 Å². The number of hydrogen-bond donors (Lipinski definition) is 3. The maximum absolute atomic E-state index is 13.3. The topological polar surface area (TPSA) is 130 Å². The second-order valence-electron chi connectivity index (χ2n) is 12.1. The number of esters is 2. The Bertz CT molecular complexity index is 1250. The molecule has 0 radical (unpaired) electrons. The van der Waals surface area contributed by atoms with Crippen molar-refractivity contribution in [3.05, 3.63) is 59.2 Å². The quantitative estimate of drug-likeness (QED) is 0.395. The molecule has 0 heterocycles. The van der Waals surface area contributed by atoms with Gasteiger partial charge in [-0.2, -0.15) is 0 Å². The summed E-state index contributed by atoms with van der Waals surface area (Å²) in [6.07, 6.45) is 2.17. The number of hydrogen-bond acceptors (Lipinski definition) is 8. The number of rotatable bonds is 5. The van der Waals surface area contributed by atoms with E-state index in [1.54, 1.807) is 26.0 Å². The molecule has 4 aliphatic carbocycles. The zero-order valence-corrected chi connectivity index (χ0v) is 22.4. The molecule has 2 saturated carbocycles. The molecule has 8 nitrogen and oxygen atoms in total. The van der Waals surface area contributed by atoms with Crippen LogP contribution in [0, 0.1) is 29.1 Å². The third kappa shape index (κ3) is 3.43. The molecule has 0 aliphatic heterocycles. The van der Waals surface area contributed by atoms with Gasteiger partial charge in [-0.05, 0) is 23.6 Å². The predicted molar refractivity (Wildman–Crippen MR) is 136 cm³/mol. The number of aliphatic hydroxyl groups is 3. The van der Waals surface area contributed by atoms with Crippen molar-refractivity contribution in [2.45, 2.75) is 70.4 Å². The van der Waals surface area contributed by atoms with Crippen molar-refractivity contribution in [1.29, 1.82) is 0 Å². The highest BCUT2D eigenvalue weighted by Crippen LogP contribution is 2.77. The summed E-state index contributed by atoms with van der Waals surface area (Å²) >= 11 is 0. The molecular weight excluding hydrogens is 488 g/mol. The summed E-state index contributed by atoms with van der Waals surface area (Å²) in [6.45, 7) is 8.03. The van der Waals surface area contributed by atoms with E-state index in [9.17, 15) is 29.7 Å². The number of ether oxygens (including phenoxy) is 2. The maximum atomic E-state index is 13.3. The van der Waals surface area contributed by atoms with Gasteiger partial charge in [-0.1, -0.05) is 63.3 Å². The van der Waals surface area contributed by atoms with E-state index in [4.69, 9.17) is 9.47 Å². The van der Waals surface area contributed by atoms with E-state index in [-0.39, 0.29) is 12.8 Å². The van der Waals surface area contributed by atoms with Gasteiger partial charge in [0.05, 0.1) is 18.6 Å². The molecule has 0 amide bonds. The summed E-state index contributed by atoms with van der Waals surface area (Å²) < 4.78 is 12.1. The van der Waals surface area contributed by atoms with Crippen LogP contribution in [0.1, 0.15) is 46.6 Å². The molecule has 3 N–H and O–H groups in total. The van der Waals surface area contributed by atoms with Crippen LogP contribution in [0.15, 0.2) is 53.6 Å². The van der Waals surface area contributed by atoms with Gasteiger partial charge in [0.15, 0.2) is 11.4 Å². The number of aliphatic hydroxyl groups excluding tert-OH is 1. The Balaban J connectivity index is 1.64. The minimum atomic E-state index is -1.95. The van der Waals surface area contributed by atoms with Crippen molar-refractivity contribution in [1.82, 2.24) is 0 Å². The van der Waals surface area contributed by atoms with Gasteiger partial charge < -0.3 is 24.8 Å². The van der Waals surface area contributed by atoms with Crippen LogP contribution in [0.3, 0.4) is 0 Å². The van der Waals surface area contributed by atoms with Crippen LogP contribution in [0.4, 0.5) is 0 Å². The Labute approximate surface area is 222 Å². The SMILES string of the molecule is CC(=O)O[C@@]12[C@H](OC(=O)Cc3ccccc3)[C@@H](C)[C@@]3(O)[C@@H](C=C(CO)C[C@]4(O)C(=O)C(C)=C[C@@H]34)[C@H]1C2(C)C. The van der Waals surface area contributed by atoms with E-state index in [0.717, 1.165) is 5.56 Å². The Morgan fingerprint density at radius 1 is 1.11 bits per heavy atom. The molecule has 0 saturated heterocycles. The van der Waals surface area contributed by atoms with E-state index in [2.05, 4.69) is 0 Å². The monoisotopic (exact) mass is 524 g/mol. The maximum Gasteiger partial charge on any atom is 0.310 e. The molecule has 2 fully saturated rings. The van der Waals surface area contributed by atoms with Gasteiger partial charge in [-0.3, -0.25) is 14.4 Å². The molecule has 0 bridgehead atoms. The van der Waals surface area contributed by atoms with E-state index in [0.29, 0.717) is 11.1 Å². The van der Waals surface area contributed by atoms with Crippen LogP contribution in [0.5, 0.6) is 0 Å². The molecule has 8 heteroatoms. The van der Waals surface area contributed by atoms with E-state index >= 15 is 0 Å². The van der Waals surface area contributed by atoms with Crippen LogP contribution in [-0.2, 0) is 30.3 Å². The summed E-state index contributed by atoms with van der Waals surface area (Å²) in [6, 6.07) is 9.11. The summed E-state index contributed by atoms with van der Waals surface area (Å²) in [7, 11) is 0. The number of fused-ring (bicyclic) bond motifs is 5. The van der Waals surface area contributed by atoms with Crippen molar-refractivity contribution >= 4 is 17.7 Å². The zero-order chi connectivity index (χ0) is 27.8. The second-order valence-corrected chi connectivity index (χ2v) is 12.1. The fourth-order valence-electron chi connectivity index (χ4n) is 8.01.